The molecule has 3 nitrogen and oxygen atoms in total. The van der Waals surface area contributed by atoms with Crippen LogP contribution in [0.2, 0.25) is 0 Å². The first-order chi connectivity index (χ1) is 7.03. The SMILES string of the molecule is O=[C]NCc1ccccc1OC(F)(F)F. The smallest absolute Gasteiger partial charge is 0.405 e. The molecule has 1 N–H and O–H groups in total. The molecule has 15 heavy (non-hydrogen) atoms. The maximum Gasteiger partial charge on any atom is 0.573 e. The van der Waals surface area contributed by atoms with Gasteiger partial charge in [0.15, 0.2) is 0 Å². The molecule has 0 saturated heterocycles. The Labute approximate surface area is 83.8 Å². The summed E-state index contributed by atoms with van der Waals surface area (Å²) < 4.78 is 39.5. The fourth-order valence-corrected chi connectivity index (χ4v) is 1.01. The van der Waals surface area contributed by atoms with Crippen molar-refractivity contribution in [1.82, 2.24) is 5.32 Å². The van der Waals surface area contributed by atoms with E-state index in [2.05, 4.69) is 10.1 Å². The number of alkyl halides is 3. The van der Waals surface area contributed by atoms with Crippen molar-refractivity contribution in [3.8, 4) is 5.75 Å². The first kappa shape index (κ1) is 11.4. The highest BCUT2D eigenvalue weighted by molar-refractivity contribution is 5.48. The van der Waals surface area contributed by atoms with Gasteiger partial charge in [0.1, 0.15) is 5.75 Å². The molecule has 6 heteroatoms. The van der Waals surface area contributed by atoms with Crippen LogP contribution >= 0.6 is 0 Å². The third-order valence-corrected chi connectivity index (χ3v) is 1.55. The van der Waals surface area contributed by atoms with E-state index in [0.29, 0.717) is 0 Å². The normalized spacial score (nSPS) is 10.9. The summed E-state index contributed by atoms with van der Waals surface area (Å²) in [4.78, 5) is 9.88. The summed E-state index contributed by atoms with van der Waals surface area (Å²) >= 11 is 0. The largest absolute Gasteiger partial charge is 0.573 e. The average Bonchev–Trinajstić information content (AvgIpc) is 2.14. The van der Waals surface area contributed by atoms with E-state index in [1.165, 1.54) is 24.6 Å². The maximum atomic E-state index is 11.9. The van der Waals surface area contributed by atoms with Gasteiger partial charge in [0.05, 0.1) is 0 Å². The number of hydrogen-bond donors (Lipinski definition) is 1. The molecule has 0 bridgehead atoms. The number of benzene rings is 1. The molecule has 0 spiro atoms. The second kappa shape index (κ2) is 4.68. The van der Waals surface area contributed by atoms with Gasteiger partial charge in [-0.2, -0.15) is 0 Å². The van der Waals surface area contributed by atoms with Gasteiger partial charge in [-0.25, -0.2) is 0 Å². The van der Waals surface area contributed by atoms with Crippen LogP contribution in [-0.4, -0.2) is 12.8 Å². The van der Waals surface area contributed by atoms with Crippen molar-refractivity contribution in [2.45, 2.75) is 12.9 Å². The molecule has 0 unspecified atom stereocenters. The summed E-state index contributed by atoms with van der Waals surface area (Å²) in [6.07, 6.45) is -3.37. The molecule has 0 aliphatic rings. The minimum absolute atomic E-state index is 0.0598. The molecule has 1 radical (unpaired) electrons. The van der Waals surface area contributed by atoms with Crippen LogP contribution in [-0.2, 0) is 11.3 Å². The van der Waals surface area contributed by atoms with Gasteiger partial charge in [0.2, 0.25) is 0 Å². The van der Waals surface area contributed by atoms with Gasteiger partial charge in [-0.3, -0.25) is 4.79 Å². The highest BCUT2D eigenvalue weighted by Crippen LogP contribution is 2.25. The van der Waals surface area contributed by atoms with Crippen molar-refractivity contribution < 1.29 is 22.7 Å². The number of ether oxygens (including phenoxy) is 1. The molecule has 0 saturated carbocycles. The summed E-state index contributed by atoms with van der Waals surface area (Å²) in [5.41, 5.74) is 0.234. The van der Waals surface area contributed by atoms with Gasteiger partial charge in [-0.1, -0.05) is 18.2 Å². The summed E-state index contributed by atoms with van der Waals surface area (Å²) in [7, 11) is 0. The third-order valence-electron chi connectivity index (χ3n) is 1.55. The van der Waals surface area contributed by atoms with Crippen LogP contribution in [0.25, 0.3) is 0 Å². The predicted octanol–water partition coefficient (Wildman–Crippen LogP) is 1.74. The van der Waals surface area contributed by atoms with Gasteiger partial charge in [-0.15, -0.1) is 13.2 Å². The lowest BCUT2D eigenvalue weighted by atomic mass is 10.2. The van der Waals surface area contributed by atoms with Crippen molar-refractivity contribution in [1.29, 1.82) is 0 Å². The Morgan fingerprint density at radius 3 is 2.60 bits per heavy atom. The van der Waals surface area contributed by atoms with Crippen LogP contribution in [0.5, 0.6) is 5.75 Å². The summed E-state index contributed by atoms with van der Waals surface area (Å²) in [5.74, 6) is -0.326. The van der Waals surface area contributed by atoms with E-state index in [-0.39, 0.29) is 17.9 Å². The molecule has 1 amide bonds. The zero-order chi connectivity index (χ0) is 11.3. The van der Waals surface area contributed by atoms with Crippen LogP contribution in [0, 0.1) is 0 Å². The number of carbonyl (C=O) groups excluding carboxylic acids is 1. The number of hydrogen-bond acceptors (Lipinski definition) is 2. The molecule has 0 atom stereocenters. The quantitative estimate of drug-likeness (QED) is 0.782. The van der Waals surface area contributed by atoms with Gasteiger partial charge >= 0.3 is 12.8 Å². The van der Waals surface area contributed by atoms with E-state index in [4.69, 9.17) is 0 Å². The Kier molecular flexibility index (Phi) is 3.54. The summed E-state index contributed by atoms with van der Waals surface area (Å²) in [5, 5.41) is 2.14. The predicted molar refractivity (Wildman–Crippen MR) is 45.7 cm³/mol. The van der Waals surface area contributed by atoms with E-state index >= 15 is 0 Å². The van der Waals surface area contributed by atoms with Crippen LogP contribution in [0.4, 0.5) is 13.2 Å². The molecule has 0 fully saturated rings. The molecule has 0 aliphatic carbocycles. The Hall–Kier alpha value is -1.72. The molecule has 1 aromatic carbocycles. The number of halogens is 3. The van der Waals surface area contributed by atoms with Crippen LogP contribution in [0.1, 0.15) is 5.56 Å². The second-order valence-corrected chi connectivity index (χ2v) is 2.61. The highest BCUT2D eigenvalue weighted by Gasteiger charge is 2.31. The molecule has 0 aliphatic heterocycles. The lowest BCUT2D eigenvalue weighted by Gasteiger charge is -2.12. The van der Waals surface area contributed by atoms with E-state index < -0.39 is 6.36 Å². The highest BCUT2D eigenvalue weighted by atomic mass is 19.4. The molecule has 81 valence electrons. The van der Waals surface area contributed by atoms with E-state index in [1.807, 2.05) is 0 Å². The first-order valence-corrected chi connectivity index (χ1v) is 3.96. The van der Waals surface area contributed by atoms with Crippen LogP contribution in [0.15, 0.2) is 24.3 Å². The molecular formula is C9H7F3NO2. The second-order valence-electron chi connectivity index (χ2n) is 2.61. The monoisotopic (exact) mass is 218 g/mol. The fraction of sp³-hybridized carbons (Fsp3) is 0.222. The summed E-state index contributed by atoms with van der Waals surface area (Å²) in [6, 6.07) is 5.56. The van der Waals surface area contributed by atoms with Crippen LogP contribution in [0.3, 0.4) is 0 Å². The first-order valence-electron chi connectivity index (χ1n) is 3.96. The Balaban J connectivity index is 2.81. The van der Waals surface area contributed by atoms with Crippen molar-refractivity contribution in [2.24, 2.45) is 0 Å². The molecule has 0 aromatic heterocycles. The van der Waals surface area contributed by atoms with E-state index in [1.54, 1.807) is 6.07 Å². The Morgan fingerprint density at radius 1 is 1.33 bits per heavy atom. The lowest BCUT2D eigenvalue weighted by molar-refractivity contribution is -0.274. The van der Waals surface area contributed by atoms with Gasteiger partial charge in [0.25, 0.3) is 0 Å². The number of para-hydroxylation sites is 1. The molecular weight excluding hydrogens is 211 g/mol. The molecule has 1 aromatic rings. The van der Waals surface area contributed by atoms with E-state index in [9.17, 15) is 18.0 Å². The maximum absolute atomic E-state index is 11.9. The van der Waals surface area contributed by atoms with Crippen LogP contribution < -0.4 is 10.1 Å². The fourth-order valence-electron chi connectivity index (χ4n) is 1.01. The molecule has 1 rings (SSSR count). The number of rotatable bonds is 4. The average molecular weight is 218 g/mol. The standard InChI is InChI=1S/C9H7F3NO2/c10-9(11,12)15-8-4-2-1-3-7(8)5-13-6-14/h1-4H,5H2,(H,13,14). The van der Waals surface area contributed by atoms with E-state index in [0.717, 1.165) is 0 Å². The van der Waals surface area contributed by atoms with Gasteiger partial charge in [-0.05, 0) is 6.07 Å². The van der Waals surface area contributed by atoms with Crippen molar-refractivity contribution in [3.05, 3.63) is 29.8 Å². The van der Waals surface area contributed by atoms with Crippen molar-refractivity contribution >= 4 is 6.41 Å². The van der Waals surface area contributed by atoms with Crippen molar-refractivity contribution in [2.75, 3.05) is 0 Å². The summed E-state index contributed by atoms with van der Waals surface area (Å²) in [6.45, 7) is -0.0598. The zero-order valence-corrected chi connectivity index (χ0v) is 7.47. The third kappa shape index (κ3) is 3.88. The topological polar surface area (TPSA) is 38.3 Å². The minimum atomic E-state index is -4.74. The van der Waals surface area contributed by atoms with Crippen molar-refractivity contribution in [3.63, 3.8) is 0 Å². The Morgan fingerprint density at radius 2 is 2.00 bits per heavy atom. The zero-order valence-electron chi connectivity index (χ0n) is 7.47. The van der Waals surface area contributed by atoms with Gasteiger partial charge in [0, 0.05) is 12.1 Å². The molecule has 0 heterocycles. The van der Waals surface area contributed by atoms with Gasteiger partial charge < -0.3 is 10.1 Å². The number of amides is 1. The lowest BCUT2D eigenvalue weighted by Crippen LogP contribution is -2.19. The number of nitrogens with one attached hydrogen (secondary N) is 1. The minimum Gasteiger partial charge on any atom is -0.405 e. The Bertz CT molecular complexity index is 338.